The van der Waals surface area contributed by atoms with Crippen LogP contribution in [-0.2, 0) is 66.5 Å². The van der Waals surface area contributed by atoms with Gasteiger partial charge in [-0.05, 0) is 84.9 Å². The summed E-state index contributed by atoms with van der Waals surface area (Å²) >= 11 is 0. The zero-order valence-electron chi connectivity index (χ0n) is 51.2. The molecule has 88 heavy (non-hydrogen) atoms. The van der Waals surface area contributed by atoms with Crippen molar-refractivity contribution in [1.82, 2.24) is 0 Å². The van der Waals surface area contributed by atoms with E-state index in [2.05, 4.69) is 26.8 Å². The normalized spacial score (nSPS) is 50.9. The second kappa shape index (κ2) is 25.7. The molecule has 0 radical (unpaired) electrons. The summed E-state index contributed by atoms with van der Waals surface area (Å²) in [5.41, 5.74) is -4.76. The van der Waals surface area contributed by atoms with Crippen LogP contribution in [0.3, 0.4) is 0 Å². The summed E-state index contributed by atoms with van der Waals surface area (Å²) in [7, 11) is 0. The highest BCUT2D eigenvalue weighted by atomic mass is 16.8. The number of aliphatic hydroxyl groups excluding tert-OH is 13. The van der Waals surface area contributed by atoms with Gasteiger partial charge in [0.2, 0.25) is 0 Å². The Morgan fingerprint density at radius 3 is 1.91 bits per heavy atom. The van der Waals surface area contributed by atoms with E-state index in [0.29, 0.717) is 32.1 Å². The molecule has 0 aromatic rings. The Hall–Kier alpha value is -3.02. The minimum Gasteiger partial charge on any atom is -0.479 e. The maximum absolute atomic E-state index is 14.2. The number of carboxylic acids is 1. The van der Waals surface area contributed by atoms with E-state index < -0.39 is 223 Å². The van der Waals surface area contributed by atoms with Crippen molar-refractivity contribution in [2.45, 2.75) is 255 Å². The van der Waals surface area contributed by atoms with E-state index in [4.69, 9.17) is 47.4 Å². The highest BCUT2D eigenvalue weighted by Gasteiger charge is 2.74. The van der Waals surface area contributed by atoms with Crippen molar-refractivity contribution in [3.05, 3.63) is 11.6 Å². The van der Waals surface area contributed by atoms with Crippen LogP contribution in [-0.4, -0.2) is 263 Å². The van der Waals surface area contributed by atoms with Gasteiger partial charge >= 0.3 is 17.9 Å². The van der Waals surface area contributed by atoms with Gasteiger partial charge in [0.05, 0.1) is 42.9 Å². The number of allylic oxidation sites excluding steroid dienone is 2. The number of carbonyl (C=O) groups excluding carboxylic acids is 3. The van der Waals surface area contributed by atoms with E-state index in [0.717, 1.165) is 11.9 Å². The summed E-state index contributed by atoms with van der Waals surface area (Å²) < 4.78 is 59.7. The van der Waals surface area contributed by atoms with E-state index in [1.54, 1.807) is 6.92 Å². The number of rotatable bonds is 17. The molecule has 5 aliphatic carbocycles. The third-order valence-electron chi connectivity index (χ3n) is 22.4. The monoisotopic (exact) mass is 1260 g/mol. The SMILES string of the molecule is CC(=O)OC[C@@]12[C@H](O)C[C@]3(C)C(=CC[C@@H]4[C@@]5(C)CC[C@H](O[C@@H]6O[C@H](C(=O)O)[C@@H](O)[C@H](O[C@@H]7O[C@H](CO)[C@H](O)[C@H](O[C@@H]8OC[C@H](O)[C@H](O)[C@H]8O)[C@H]7O)[C@H]6O[C@@H]6O[C@H](CO)[C@H](O)[C@H](O)[C@H]6O)[C@@](C)(C=O)[C@@H]5CC[C@]43C)[C@H]1CC(C)(C)[C@@H](OC(=O)CC(C)C)[C@@H]2O. The number of ether oxygens (including phenoxy) is 10. The minimum absolute atomic E-state index is 0.0285. The Bertz CT molecular complexity index is 2540. The second-order valence-electron chi connectivity index (χ2n) is 28.5. The first-order valence-electron chi connectivity index (χ1n) is 30.7. The van der Waals surface area contributed by atoms with E-state index in [1.165, 1.54) is 6.92 Å². The molecule has 0 unspecified atom stereocenters. The predicted octanol–water partition coefficient (Wildman–Crippen LogP) is -2.57. The quantitative estimate of drug-likeness (QED) is 0.0308. The Morgan fingerprint density at radius 2 is 1.30 bits per heavy atom. The topological polar surface area (TPSA) is 444 Å². The van der Waals surface area contributed by atoms with Crippen LogP contribution < -0.4 is 0 Å². The van der Waals surface area contributed by atoms with Gasteiger partial charge in [0.1, 0.15) is 111 Å². The molecule has 0 bridgehead atoms. The van der Waals surface area contributed by atoms with Crippen molar-refractivity contribution in [2.24, 2.45) is 56.2 Å². The number of aliphatic hydroxyl groups is 13. The molecule has 0 aromatic heterocycles. The average Bonchev–Trinajstić information content (AvgIpc) is 0.675. The molecule has 14 N–H and O–H groups in total. The Balaban J connectivity index is 1.04. The maximum Gasteiger partial charge on any atom is 0.335 e. The molecular weight excluding hydrogens is 1170 g/mol. The highest BCUT2D eigenvalue weighted by molar-refractivity contribution is 5.73. The van der Waals surface area contributed by atoms with Crippen LogP contribution in [0.4, 0.5) is 0 Å². The van der Waals surface area contributed by atoms with E-state index in [-0.39, 0.29) is 37.7 Å². The van der Waals surface area contributed by atoms with Crippen LogP contribution in [0.1, 0.15) is 114 Å². The predicted molar refractivity (Wildman–Crippen MR) is 295 cm³/mol. The van der Waals surface area contributed by atoms with Crippen LogP contribution >= 0.6 is 0 Å². The average molecular weight is 1260 g/mol. The molecule has 0 aromatic carbocycles. The van der Waals surface area contributed by atoms with Gasteiger partial charge in [-0.25, -0.2) is 4.79 Å². The van der Waals surface area contributed by atoms with Crippen molar-refractivity contribution in [1.29, 1.82) is 0 Å². The zero-order valence-corrected chi connectivity index (χ0v) is 51.2. The number of carboxylic acid groups (broad SMARTS) is 1. The lowest BCUT2D eigenvalue weighted by Gasteiger charge is -2.72. The highest BCUT2D eigenvalue weighted by Crippen LogP contribution is 2.76. The van der Waals surface area contributed by atoms with Crippen molar-refractivity contribution in [3.8, 4) is 0 Å². The molecule has 4 saturated carbocycles. The Kier molecular flexibility index (Phi) is 20.3. The molecule has 28 nitrogen and oxygen atoms in total. The molecule has 31 atom stereocenters. The maximum atomic E-state index is 14.2. The third kappa shape index (κ3) is 11.6. The molecule has 28 heteroatoms. The molecule has 4 aliphatic heterocycles. The molecular formula is C60H94O28. The molecule has 4 heterocycles. The molecule has 502 valence electrons. The first kappa shape index (κ1) is 69.3. The Labute approximate surface area is 509 Å². The lowest BCUT2D eigenvalue weighted by atomic mass is 9.33. The van der Waals surface area contributed by atoms with Crippen molar-refractivity contribution in [3.63, 3.8) is 0 Å². The number of aliphatic carboxylic acids is 1. The summed E-state index contributed by atoms with van der Waals surface area (Å²) in [6, 6.07) is 0. The standard InChI is InChI=1S/C60H94O28/c1-24(2)16-35(67)84-49-48(76)60(23-80-25(3)64)27(17-55(49,4)5)26-10-11-32-56(6)14-13-34(57(7,22-63)31(56)12-15-58(32,8)59(26,9)18-33(60)66)83-54-47(88-52-41(73)39(71)37(69)29(19-61)81-52)45(42(74)46(87-54)50(77)78)86-53-43(75)44(38(70)30(20-62)82-53)85-51-40(72)36(68)28(65)21-79-51/h10,22,24,27-34,36-49,51-54,61-62,65-66,68-76H,11-21,23H2,1-9H3,(H,77,78)/t27-,28+,29-,30-,31-,32-,33-,34+,36+,37+,38+,39+,40-,41-,42+,43-,44+,45+,46+,47-,48+,49+,51+,52+,53+,54-,56+,57+,58-,59-,60+/m1/s1. The van der Waals surface area contributed by atoms with Crippen LogP contribution in [0.15, 0.2) is 11.6 Å². The second-order valence-corrected chi connectivity index (χ2v) is 28.5. The van der Waals surface area contributed by atoms with Crippen LogP contribution in [0, 0.1) is 56.2 Å². The number of aldehydes is 1. The van der Waals surface area contributed by atoms with E-state index in [9.17, 15) is 90.7 Å². The van der Waals surface area contributed by atoms with Gasteiger partial charge in [-0.15, -0.1) is 0 Å². The molecule has 9 rings (SSSR count). The molecule has 4 saturated heterocycles. The fourth-order valence-corrected chi connectivity index (χ4v) is 17.4. The molecule has 8 fully saturated rings. The number of fused-ring (bicyclic) bond motifs is 7. The van der Waals surface area contributed by atoms with Gasteiger partial charge in [-0.3, -0.25) is 9.59 Å². The molecule has 9 aliphatic rings. The fourth-order valence-electron chi connectivity index (χ4n) is 17.4. The van der Waals surface area contributed by atoms with Crippen LogP contribution in [0.25, 0.3) is 0 Å². The van der Waals surface area contributed by atoms with Crippen molar-refractivity contribution >= 4 is 24.2 Å². The lowest BCUT2D eigenvalue weighted by molar-refractivity contribution is -0.400. The van der Waals surface area contributed by atoms with Gasteiger partial charge in [0.25, 0.3) is 0 Å². The van der Waals surface area contributed by atoms with Gasteiger partial charge in [-0.1, -0.05) is 67.0 Å². The van der Waals surface area contributed by atoms with Gasteiger partial charge < -0.3 is 124 Å². The summed E-state index contributed by atoms with van der Waals surface area (Å²) in [4.78, 5) is 53.3. The van der Waals surface area contributed by atoms with E-state index in [1.807, 2.05) is 27.7 Å². The number of esters is 2. The summed E-state index contributed by atoms with van der Waals surface area (Å²) in [5.74, 6) is -4.13. The first-order chi connectivity index (χ1) is 41.1. The van der Waals surface area contributed by atoms with E-state index >= 15 is 0 Å². The first-order valence-corrected chi connectivity index (χ1v) is 30.7. The number of carbonyl (C=O) groups is 4. The van der Waals surface area contributed by atoms with Gasteiger partial charge in [0.15, 0.2) is 31.3 Å². The van der Waals surface area contributed by atoms with Gasteiger partial charge in [0, 0.05) is 18.8 Å². The van der Waals surface area contributed by atoms with Crippen LogP contribution in [0.5, 0.6) is 0 Å². The largest absolute Gasteiger partial charge is 0.479 e. The third-order valence-corrected chi connectivity index (χ3v) is 22.4. The lowest BCUT2D eigenvalue weighted by Crippen LogP contribution is -2.72. The molecule has 0 spiro atoms. The molecule has 0 amide bonds. The van der Waals surface area contributed by atoms with Crippen LogP contribution in [0.2, 0.25) is 0 Å². The fraction of sp³-hybridized carbons (Fsp3) is 0.900. The summed E-state index contributed by atoms with van der Waals surface area (Å²) in [6.07, 6.45) is -37.1. The number of hydrogen-bond acceptors (Lipinski definition) is 27. The van der Waals surface area contributed by atoms with Crippen molar-refractivity contribution in [2.75, 3.05) is 26.4 Å². The van der Waals surface area contributed by atoms with Crippen molar-refractivity contribution < 1.29 is 138 Å². The summed E-state index contributed by atoms with van der Waals surface area (Å²) in [5, 5.41) is 156. The summed E-state index contributed by atoms with van der Waals surface area (Å²) in [6.45, 7) is 14.2. The van der Waals surface area contributed by atoms with Gasteiger partial charge in [-0.2, -0.15) is 0 Å². The Morgan fingerprint density at radius 1 is 0.682 bits per heavy atom. The zero-order chi connectivity index (χ0) is 64.9. The smallest absolute Gasteiger partial charge is 0.335 e. The minimum atomic E-state index is -2.34. The number of hydrogen-bond donors (Lipinski definition) is 14.